The molecule has 17 nitrogen and oxygen atoms in total. The van der Waals surface area contributed by atoms with Gasteiger partial charge >= 0.3 is 39.5 Å². The molecule has 2 unspecified atom stereocenters. The molecule has 0 aromatic heterocycles. The number of hydrogen-bond acceptors (Lipinski definition) is 15. The summed E-state index contributed by atoms with van der Waals surface area (Å²) in [4.78, 5) is 72.6. The highest BCUT2D eigenvalue weighted by molar-refractivity contribution is 7.47. The molecular weight excluding hydrogens is 1200 g/mol. The van der Waals surface area contributed by atoms with Crippen LogP contribution in [0.25, 0.3) is 0 Å². The van der Waals surface area contributed by atoms with Crippen molar-refractivity contribution in [2.45, 2.75) is 381 Å². The molecule has 3 N–H and O–H groups in total. The number of unbranched alkanes of at least 4 members (excludes halogenated alkanes) is 38. The molecule has 0 aromatic carbocycles. The fourth-order valence-corrected chi connectivity index (χ4v) is 12.5. The normalized spacial score (nSPS) is 14.2. The third-order valence-electron chi connectivity index (χ3n) is 16.6. The molecule has 0 aliphatic carbocycles. The molecule has 0 radical (unpaired) electrons. The molecule has 0 aliphatic rings. The molecule has 0 spiro atoms. The predicted molar refractivity (Wildman–Crippen MR) is 368 cm³/mol. The Hall–Kier alpha value is -1.94. The zero-order chi connectivity index (χ0) is 67.3. The number of phosphoric acid groups is 2. The molecule has 0 heterocycles. The fourth-order valence-electron chi connectivity index (χ4n) is 10.9. The number of aliphatic hydroxyl groups excluding tert-OH is 1. The van der Waals surface area contributed by atoms with E-state index in [9.17, 15) is 43.2 Å². The van der Waals surface area contributed by atoms with Gasteiger partial charge in [0.2, 0.25) is 0 Å². The summed E-state index contributed by atoms with van der Waals surface area (Å²) in [6.45, 7) is 11.8. The highest BCUT2D eigenvalue weighted by atomic mass is 31.2. The van der Waals surface area contributed by atoms with Crippen LogP contribution in [-0.2, 0) is 65.4 Å². The summed E-state index contributed by atoms with van der Waals surface area (Å²) in [5.74, 6) is 0.116. The molecule has 0 saturated heterocycles. The van der Waals surface area contributed by atoms with Gasteiger partial charge in [-0.1, -0.05) is 312 Å². The summed E-state index contributed by atoms with van der Waals surface area (Å²) < 4.78 is 68.4. The molecule has 0 aromatic rings. The largest absolute Gasteiger partial charge is 0.472 e. The van der Waals surface area contributed by atoms with Gasteiger partial charge in [0.1, 0.15) is 19.3 Å². The minimum Gasteiger partial charge on any atom is -0.462 e. The molecule has 0 fully saturated rings. The van der Waals surface area contributed by atoms with Gasteiger partial charge in [0.25, 0.3) is 0 Å². The third kappa shape index (κ3) is 66.5. The van der Waals surface area contributed by atoms with E-state index in [0.29, 0.717) is 25.7 Å². The van der Waals surface area contributed by atoms with Gasteiger partial charge in [0, 0.05) is 25.7 Å². The highest BCUT2D eigenvalue weighted by Crippen LogP contribution is 2.45. The second-order valence-corrected chi connectivity index (χ2v) is 30.3. The van der Waals surface area contributed by atoms with Crippen molar-refractivity contribution in [2.75, 3.05) is 39.6 Å². The standard InChI is InChI=1S/C72H140O17P2/c1-8-9-10-11-12-13-14-15-19-24-32-39-46-53-69(74)82-59-67(88-71(76)55-48-41-34-25-20-17-16-18-22-29-36-43-50-63(2)3)61-86-90(78,79)84-57-66(73)58-85-91(80,81)87-62-68(60-83-70(75)54-47-40-33-28-27-31-38-45-52-65(6)7)89-72(77)56-49-42-35-26-21-23-30-37-44-51-64(4)5/h63-68,73H,8-62H2,1-7H3,(H,78,79)(H,80,81)/t66-,67-,68-/m1/s1. The van der Waals surface area contributed by atoms with E-state index in [0.717, 1.165) is 108 Å². The Balaban J connectivity index is 5.26. The van der Waals surface area contributed by atoms with Crippen LogP contribution >= 0.6 is 15.6 Å². The van der Waals surface area contributed by atoms with Gasteiger partial charge in [0.05, 0.1) is 26.4 Å². The van der Waals surface area contributed by atoms with Crippen molar-refractivity contribution >= 4 is 39.5 Å². The quantitative estimate of drug-likeness (QED) is 0.0222. The molecule has 0 saturated carbocycles. The maximum absolute atomic E-state index is 13.0. The van der Waals surface area contributed by atoms with Crippen molar-refractivity contribution in [3.63, 3.8) is 0 Å². The van der Waals surface area contributed by atoms with Gasteiger partial charge in [-0.05, 0) is 43.4 Å². The zero-order valence-corrected chi connectivity index (χ0v) is 61.1. The van der Waals surface area contributed by atoms with Crippen LogP contribution in [0.15, 0.2) is 0 Å². The summed E-state index contributed by atoms with van der Waals surface area (Å²) in [6, 6.07) is 0. The Labute approximate surface area is 556 Å². The summed E-state index contributed by atoms with van der Waals surface area (Å²) in [5.41, 5.74) is 0. The van der Waals surface area contributed by atoms with Crippen LogP contribution in [0.5, 0.6) is 0 Å². The van der Waals surface area contributed by atoms with E-state index < -0.39 is 97.5 Å². The van der Waals surface area contributed by atoms with Crippen LogP contribution < -0.4 is 0 Å². The SMILES string of the molecule is CCCCCCCCCCCCCCCC(=O)OC[C@H](COP(=O)(O)OC[C@@H](O)COP(=O)(O)OC[C@@H](COC(=O)CCCCCCCCCCC(C)C)OC(=O)CCCCCCCCCCCC(C)C)OC(=O)CCCCCCCCCCCCCCC(C)C. The molecule has 5 atom stereocenters. The Morgan fingerprint density at radius 1 is 0.297 bits per heavy atom. The summed E-state index contributed by atoms with van der Waals surface area (Å²) >= 11 is 0. The van der Waals surface area contributed by atoms with Gasteiger partial charge in [-0.15, -0.1) is 0 Å². The van der Waals surface area contributed by atoms with E-state index in [1.165, 1.54) is 173 Å². The lowest BCUT2D eigenvalue weighted by molar-refractivity contribution is -0.161. The van der Waals surface area contributed by atoms with Crippen LogP contribution in [0.1, 0.15) is 363 Å². The van der Waals surface area contributed by atoms with E-state index >= 15 is 0 Å². The van der Waals surface area contributed by atoms with E-state index in [2.05, 4.69) is 48.5 Å². The van der Waals surface area contributed by atoms with E-state index in [1.54, 1.807) is 0 Å². The van der Waals surface area contributed by atoms with E-state index in [4.69, 9.17) is 37.0 Å². The van der Waals surface area contributed by atoms with Crippen LogP contribution in [0.4, 0.5) is 0 Å². The van der Waals surface area contributed by atoms with Gasteiger partial charge in [0.15, 0.2) is 12.2 Å². The maximum atomic E-state index is 13.0. The number of ether oxygens (including phenoxy) is 4. The summed E-state index contributed by atoms with van der Waals surface area (Å²) in [5, 5.41) is 10.6. The Kier molecular flexibility index (Phi) is 61.5. The zero-order valence-electron chi connectivity index (χ0n) is 59.3. The lowest BCUT2D eigenvalue weighted by Gasteiger charge is -2.21. The molecule has 0 bridgehead atoms. The number of carbonyl (C=O) groups is 4. The Morgan fingerprint density at radius 2 is 0.505 bits per heavy atom. The molecule has 540 valence electrons. The average molecular weight is 1340 g/mol. The van der Waals surface area contributed by atoms with Crippen molar-refractivity contribution < 1.29 is 80.2 Å². The second-order valence-electron chi connectivity index (χ2n) is 27.4. The van der Waals surface area contributed by atoms with Crippen LogP contribution in [0, 0.1) is 17.8 Å². The van der Waals surface area contributed by atoms with Crippen LogP contribution in [0.2, 0.25) is 0 Å². The number of aliphatic hydroxyl groups is 1. The highest BCUT2D eigenvalue weighted by Gasteiger charge is 2.30. The van der Waals surface area contributed by atoms with E-state index in [-0.39, 0.29) is 25.7 Å². The molecular formula is C72H140O17P2. The molecule has 19 heteroatoms. The second kappa shape index (κ2) is 62.8. The summed E-state index contributed by atoms with van der Waals surface area (Å²) in [7, 11) is -9.91. The monoisotopic (exact) mass is 1340 g/mol. The number of hydrogen-bond donors (Lipinski definition) is 3. The fraction of sp³-hybridized carbons (Fsp3) is 0.944. The van der Waals surface area contributed by atoms with Gasteiger partial charge < -0.3 is 33.8 Å². The molecule has 0 aliphatic heterocycles. The average Bonchev–Trinajstić information content (AvgIpc) is 2.18. The van der Waals surface area contributed by atoms with Crippen molar-refractivity contribution in [1.82, 2.24) is 0 Å². The third-order valence-corrected chi connectivity index (χ3v) is 18.5. The minimum atomic E-state index is -4.95. The van der Waals surface area contributed by atoms with Crippen molar-refractivity contribution in [2.24, 2.45) is 17.8 Å². The first-order valence-electron chi connectivity index (χ1n) is 37.3. The smallest absolute Gasteiger partial charge is 0.462 e. The number of carbonyl (C=O) groups excluding carboxylic acids is 4. The van der Waals surface area contributed by atoms with E-state index in [1.807, 2.05) is 0 Å². The molecule has 0 amide bonds. The maximum Gasteiger partial charge on any atom is 0.472 e. The topological polar surface area (TPSA) is 237 Å². The Bertz CT molecular complexity index is 1780. The van der Waals surface area contributed by atoms with Crippen molar-refractivity contribution in [3.8, 4) is 0 Å². The van der Waals surface area contributed by atoms with Gasteiger partial charge in [-0.3, -0.25) is 37.3 Å². The first-order chi connectivity index (χ1) is 43.7. The van der Waals surface area contributed by atoms with Crippen LogP contribution in [0.3, 0.4) is 0 Å². The minimum absolute atomic E-state index is 0.105. The first-order valence-corrected chi connectivity index (χ1v) is 40.3. The van der Waals surface area contributed by atoms with Gasteiger partial charge in [-0.2, -0.15) is 0 Å². The molecule has 91 heavy (non-hydrogen) atoms. The Morgan fingerprint density at radius 3 is 0.747 bits per heavy atom. The van der Waals surface area contributed by atoms with Crippen LogP contribution in [-0.4, -0.2) is 96.7 Å². The van der Waals surface area contributed by atoms with Crippen molar-refractivity contribution in [3.05, 3.63) is 0 Å². The number of esters is 4. The summed E-state index contributed by atoms with van der Waals surface area (Å²) in [6.07, 6.45) is 47.1. The number of rotatable bonds is 70. The van der Waals surface area contributed by atoms with Gasteiger partial charge in [-0.25, -0.2) is 9.13 Å². The molecule has 0 rings (SSSR count). The number of phosphoric ester groups is 2. The first kappa shape index (κ1) is 89.1. The predicted octanol–water partition coefficient (Wildman–Crippen LogP) is 20.6. The lowest BCUT2D eigenvalue weighted by atomic mass is 10.0. The van der Waals surface area contributed by atoms with Crippen molar-refractivity contribution in [1.29, 1.82) is 0 Å². The lowest BCUT2D eigenvalue weighted by Crippen LogP contribution is -2.30.